The Hall–Kier alpha value is -0.860. The van der Waals surface area contributed by atoms with Gasteiger partial charge >= 0.3 is 0 Å². The fourth-order valence-electron chi connectivity index (χ4n) is 3.56. The van der Waals surface area contributed by atoms with Gasteiger partial charge < -0.3 is 10.2 Å². The van der Waals surface area contributed by atoms with E-state index in [2.05, 4.69) is 47.6 Å². The molecule has 1 unspecified atom stereocenters. The molecule has 2 aliphatic rings. The van der Waals surface area contributed by atoms with Crippen molar-refractivity contribution in [2.75, 3.05) is 20.1 Å². The average molecular weight is 230 g/mol. The summed E-state index contributed by atoms with van der Waals surface area (Å²) in [6.07, 6.45) is 2.75. The molecular formula is C15H22N2. The summed E-state index contributed by atoms with van der Waals surface area (Å²) in [5.74, 6) is 1.90. The van der Waals surface area contributed by atoms with Crippen LogP contribution in [0.3, 0.4) is 0 Å². The monoisotopic (exact) mass is 230 g/mol. The highest BCUT2D eigenvalue weighted by Gasteiger charge is 2.39. The topological polar surface area (TPSA) is 15.3 Å². The van der Waals surface area contributed by atoms with Gasteiger partial charge in [0.2, 0.25) is 0 Å². The van der Waals surface area contributed by atoms with E-state index in [4.69, 9.17) is 0 Å². The fraction of sp³-hybridized carbons (Fsp3) is 0.600. The van der Waals surface area contributed by atoms with Crippen molar-refractivity contribution in [3.05, 3.63) is 35.9 Å². The van der Waals surface area contributed by atoms with Gasteiger partial charge in [0, 0.05) is 25.7 Å². The van der Waals surface area contributed by atoms with Crippen LogP contribution in [0.15, 0.2) is 30.3 Å². The molecule has 1 N–H and O–H groups in total. The lowest BCUT2D eigenvalue weighted by Gasteiger charge is -2.16. The van der Waals surface area contributed by atoms with Crippen molar-refractivity contribution in [2.45, 2.75) is 25.4 Å². The molecule has 17 heavy (non-hydrogen) atoms. The molecule has 0 radical (unpaired) electrons. The first kappa shape index (κ1) is 11.2. The summed E-state index contributed by atoms with van der Waals surface area (Å²) in [6, 6.07) is 11.5. The van der Waals surface area contributed by atoms with E-state index in [1.807, 2.05) is 0 Å². The van der Waals surface area contributed by atoms with Gasteiger partial charge in [-0.1, -0.05) is 30.3 Å². The summed E-state index contributed by atoms with van der Waals surface area (Å²) in [4.78, 5) is 2.49. The molecule has 1 heterocycles. The quantitative estimate of drug-likeness (QED) is 0.855. The molecule has 92 valence electrons. The van der Waals surface area contributed by atoms with Crippen molar-refractivity contribution in [1.82, 2.24) is 10.2 Å². The van der Waals surface area contributed by atoms with Crippen LogP contribution >= 0.6 is 0 Å². The fourth-order valence-corrected chi connectivity index (χ4v) is 3.56. The molecule has 1 aliphatic heterocycles. The Morgan fingerprint density at radius 3 is 2.41 bits per heavy atom. The molecule has 0 bridgehead atoms. The van der Waals surface area contributed by atoms with E-state index in [0.29, 0.717) is 0 Å². The van der Waals surface area contributed by atoms with E-state index in [-0.39, 0.29) is 0 Å². The number of likely N-dealkylation sites (tertiary alicyclic amines) is 1. The molecular weight excluding hydrogens is 208 g/mol. The zero-order chi connectivity index (χ0) is 11.7. The van der Waals surface area contributed by atoms with Crippen LogP contribution in [0.1, 0.15) is 18.4 Å². The van der Waals surface area contributed by atoms with Crippen LogP contribution in [0.2, 0.25) is 0 Å². The predicted molar refractivity (Wildman–Crippen MR) is 70.8 cm³/mol. The molecule has 3 rings (SSSR count). The molecule has 1 aromatic carbocycles. The first-order valence-corrected chi connectivity index (χ1v) is 6.77. The molecule has 2 heteroatoms. The summed E-state index contributed by atoms with van der Waals surface area (Å²) < 4.78 is 0. The highest BCUT2D eigenvalue weighted by Crippen LogP contribution is 2.37. The van der Waals surface area contributed by atoms with Crippen LogP contribution in [0.5, 0.6) is 0 Å². The zero-order valence-corrected chi connectivity index (χ0v) is 10.6. The second-order valence-corrected chi connectivity index (χ2v) is 5.78. The average Bonchev–Trinajstić information content (AvgIpc) is 2.84. The van der Waals surface area contributed by atoms with Gasteiger partial charge in [0.05, 0.1) is 0 Å². The zero-order valence-electron chi connectivity index (χ0n) is 10.6. The molecule has 0 amide bonds. The number of nitrogens with zero attached hydrogens (tertiary/aromatic N) is 1. The van der Waals surface area contributed by atoms with Crippen LogP contribution < -0.4 is 5.32 Å². The van der Waals surface area contributed by atoms with Gasteiger partial charge in [0.15, 0.2) is 0 Å². The second kappa shape index (κ2) is 4.79. The number of hydrogen-bond acceptors (Lipinski definition) is 2. The number of rotatable bonds is 3. The molecule has 2 nitrogen and oxygen atoms in total. The number of hydrogen-bond donors (Lipinski definition) is 1. The van der Waals surface area contributed by atoms with Gasteiger partial charge in [-0.2, -0.15) is 0 Å². The highest BCUT2D eigenvalue weighted by atomic mass is 15.1. The van der Waals surface area contributed by atoms with Crippen molar-refractivity contribution < 1.29 is 0 Å². The third kappa shape index (κ3) is 2.53. The molecule has 1 saturated heterocycles. The second-order valence-electron chi connectivity index (χ2n) is 5.78. The van der Waals surface area contributed by atoms with E-state index >= 15 is 0 Å². The highest BCUT2D eigenvalue weighted by molar-refractivity contribution is 5.14. The third-order valence-corrected chi connectivity index (χ3v) is 4.37. The Bertz CT molecular complexity index is 348. The molecule has 2 fully saturated rings. The van der Waals surface area contributed by atoms with Gasteiger partial charge in [-0.05, 0) is 37.3 Å². The van der Waals surface area contributed by atoms with Crippen LogP contribution in [0.25, 0.3) is 0 Å². The Kier molecular flexibility index (Phi) is 3.17. The van der Waals surface area contributed by atoms with Gasteiger partial charge in [-0.25, -0.2) is 0 Å². The van der Waals surface area contributed by atoms with Crippen molar-refractivity contribution >= 4 is 0 Å². The molecule has 1 saturated carbocycles. The standard InChI is InChI=1S/C15H22N2/c1-17-10-13-7-15(8-14(13)11-17)16-9-12-5-3-2-4-6-12/h2-6,13-16H,7-11H2,1H3/t13-,14+,15?. The minimum Gasteiger partial charge on any atom is -0.310 e. The number of benzene rings is 1. The largest absolute Gasteiger partial charge is 0.310 e. The minimum atomic E-state index is 0.749. The summed E-state index contributed by atoms with van der Waals surface area (Å²) >= 11 is 0. The molecule has 3 atom stereocenters. The maximum atomic E-state index is 3.72. The molecule has 1 aliphatic carbocycles. The molecule has 1 aromatic rings. The van der Waals surface area contributed by atoms with Gasteiger partial charge in [0.25, 0.3) is 0 Å². The van der Waals surface area contributed by atoms with Gasteiger partial charge in [0.1, 0.15) is 0 Å². The van der Waals surface area contributed by atoms with E-state index in [0.717, 1.165) is 24.4 Å². The lowest BCUT2D eigenvalue weighted by molar-refractivity contribution is 0.358. The number of nitrogens with one attached hydrogen (secondary N) is 1. The lowest BCUT2D eigenvalue weighted by Crippen LogP contribution is -2.28. The number of fused-ring (bicyclic) bond motifs is 1. The SMILES string of the molecule is CN1C[C@H]2CC(NCc3ccccc3)C[C@H]2C1. The smallest absolute Gasteiger partial charge is 0.0208 e. The van der Waals surface area contributed by atoms with Crippen molar-refractivity contribution in [3.63, 3.8) is 0 Å². The van der Waals surface area contributed by atoms with Gasteiger partial charge in [-0.15, -0.1) is 0 Å². The molecule has 0 aromatic heterocycles. The third-order valence-electron chi connectivity index (χ3n) is 4.37. The lowest BCUT2D eigenvalue weighted by atomic mass is 10.0. The summed E-state index contributed by atoms with van der Waals surface area (Å²) in [5, 5.41) is 3.72. The maximum absolute atomic E-state index is 3.72. The van der Waals surface area contributed by atoms with E-state index in [9.17, 15) is 0 Å². The Labute approximate surface area is 104 Å². The normalized spacial score (nSPS) is 32.9. The predicted octanol–water partition coefficient (Wildman–Crippen LogP) is 2.12. The first-order chi connectivity index (χ1) is 8.31. The van der Waals surface area contributed by atoms with Crippen LogP contribution in [-0.4, -0.2) is 31.1 Å². The van der Waals surface area contributed by atoms with E-state index in [1.165, 1.54) is 31.5 Å². The van der Waals surface area contributed by atoms with Gasteiger partial charge in [-0.3, -0.25) is 0 Å². The Balaban J connectivity index is 1.49. The van der Waals surface area contributed by atoms with Crippen molar-refractivity contribution in [1.29, 1.82) is 0 Å². The molecule has 0 spiro atoms. The Morgan fingerprint density at radius 2 is 1.76 bits per heavy atom. The van der Waals surface area contributed by atoms with Crippen LogP contribution in [0.4, 0.5) is 0 Å². The first-order valence-electron chi connectivity index (χ1n) is 6.77. The van der Waals surface area contributed by atoms with Crippen LogP contribution in [0, 0.1) is 11.8 Å². The van der Waals surface area contributed by atoms with Crippen molar-refractivity contribution in [2.24, 2.45) is 11.8 Å². The van der Waals surface area contributed by atoms with Crippen molar-refractivity contribution in [3.8, 4) is 0 Å². The Morgan fingerprint density at radius 1 is 1.12 bits per heavy atom. The summed E-state index contributed by atoms with van der Waals surface area (Å²) in [5.41, 5.74) is 1.40. The van der Waals surface area contributed by atoms with E-state index < -0.39 is 0 Å². The summed E-state index contributed by atoms with van der Waals surface area (Å²) in [7, 11) is 2.25. The van der Waals surface area contributed by atoms with E-state index in [1.54, 1.807) is 0 Å². The summed E-state index contributed by atoms with van der Waals surface area (Å²) in [6.45, 7) is 3.66. The minimum absolute atomic E-state index is 0.749. The maximum Gasteiger partial charge on any atom is 0.0208 e. The van der Waals surface area contributed by atoms with Crippen LogP contribution in [-0.2, 0) is 6.54 Å².